The van der Waals surface area contributed by atoms with Crippen molar-refractivity contribution in [3.8, 4) is 5.75 Å². The van der Waals surface area contributed by atoms with Gasteiger partial charge in [-0.1, -0.05) is 17.3 Å². The molecule has 5 nitrogen and oxygen atoms in total. The van der Waals surface area contributed by atoms with E-state index in [0.29, 0.717) is 18.2 Å². The van der Waals surface area contributed by atoms with Gasteiger partial charge in [0.15, 0.2) is 5.82 Å². The number of benzene rings is 1. The number of methoxy groups -OCH3 is 1. The molecule has 1 aromatic heterocycles. The Hall–Kier alpha value is -1.88. The second-order valence-electron chi connectivity index (χ2n) is 5.55. The third-order valence-electron chi connectivity index (χ3n) is 3.89. The van der Waals surface area contributed by atoms with Gasteiger partial charge in [0.25, 0.3) is 0 Å². The third kappa shape index (κ3) is 3.82. The summed E-state index contributed by atoms with van der Waals surface area (Å²) in [5.41, 5.74) is 1.14. The highest BCUT2D eigenvalue weighted by molar-refractivity contribution is 5.28. The van der Waals surface area contributed by atoms with Crippen LogP contribution in [0, 0.1) is 5.92 Å². The lowest BCUT2D eigenvalue weighted by atomic mass is 9.96. The fourth-order valence-corrected chi connectivity index (χ4v) is 2.72. The zero-order valence-corrected chi connectivity index (χ0v) is 12.3. The number of nitrogens with one attached hydrogen (secondary N) is 1. The van der Waals surface area contributed by atoms with E-state index in [0.717, 1.165) is 36.6 Å². The van der Waals surface area contributed by atoms with Crippen molar-refractivity contribution in [1.29, 1.82) is 0 Å². The molecule has 1 fully saturated rings. The van der Waals surface area contributed by atoms with E-state index in [1.165, 1.54) is 12.8 Å². The summed E-state index contributed by atoms with van der Waals surface area (Å²) in [5, 5.41) is 7.52. The number of aromatic nitrogens is 2. The number of piperidine rings is 1. The van der Waals surface area contributed by atoms with Gasteiger partial charge in [-0.2, -0.15) is 4.98 Å². The van der Waals surface area contributed by atoms with Gasteiger partial charge in [0, 0.05) is 6.42 Å². The molecule has 3 rings (SSSR count). The molecule has 2 heterocycles. The molecule has 0 amide bonds. The maximum absolute atomic E-state index is 5.35. The summed E-state index contributed by atoms with van der Waals surface area (Å²) < 4.78 is 10.5. The van der Waals surface area contributed by atoms with Crippen molar-refractivity contribution in [2.45, 2.75) is 25.7 Å². The molecule has 1 aliphatic heterocycles. The summed E-state index contributed by atoms with van der Waals surface area (Å²) in [4.78, 5) is 4.51. The van der Waals surface area contributed by atoms with E-state index >= 15 is 0 Å². The van der Waals surface area contributed by atoms with Crippen LogP contribution >= 0.6 is 0 Å². The van der Waals surface area contributed by atoms with E-state index in [4.69, 9.17) is 9.26 Å². The summed E-state index contributed by atoms with van der Waals surface area (Å²) >= 11 is 0. The largest absolute Gasteiger partial charge is 0.497 e. The van der Waals surface area contributed by atoms with Crippen LogP contribution in [0.5, 0.6) is 5.75 Å². The van der Waals surface area contributed by atoms with Crippen LogP contribution in [0.2, 0.25) is 0 Å². The van der Waals surface area contributed by atoms with Gasteiger partial charge >= 0.3 is 0 Å². The van der Waals surface area contributed by atoms with Gasteiger partial charge in [-0.25, -0.2) is 0 Å². The molecule has 1 saturated heterocycles. The monoisotopic (exact) mass is 287 g/mol. The maximum Gasteiger partial charge on any atom is 0.231 e. The van der Waals surface area contributed by atoms with E-state index in [9.17, 15) is 0 Å². The minimum absolute atomic E-state index is 0.630. The topological polar surface area (TPSA) is 60.2 Å². The van der Waals surface area contributed by atoms with Crippen LogP contribution in [-0.2, 0) is 12.8 Å². The Kier molecular flexibility index (Phi) is 4.50. The van der Waals surface area contributed by atoms with Gasteiger partial charge in [0.05, 0.1) is 13.5 Å². The van der Waals surface area contributed by atoms with Crippen molar-refractivity contribution < 1.29 is 9.26 Å². The summed E-state index contributed by atoms with van der Waals surface area (Å²) in [6, 6.07) is 7.93. The molecule has 21 heavy (non-hydrogen) atoms. The molecule has 1 aromatic carbocycles. The molecule has 0 radical (unpaired) electrons. The number of hydrogen-bond donors (Lipinski definition) is 1. The first kappa shape index (κ1) is 14.1. The third-order valence-corrected chi connectivity index (χ3v) is 3.89. The van der Waals surface area contributed by atoms with Gasteiger partial charge in [-0.05, 0) is 49.5 Å². The molecule has 2 aromatic rings. The quantitative estimate of drug-likeness (QED) is 0.913. The highest BCUT2D eigenvalue weighted by atomic mass is 16.5. The Morgan fingerprint density at radius 2 is 2.19 bits per heavy atom. The van der Waals surface area contributed by atoms with Gasteiger partial charge in [0.2, 0.25) is 5.89 Å². The minimum Gasteiger partial charge on any atom is -0.497 e. The Labute approximate surface area is 124 Å². The fourth-order valence-electron chi connectivity index (χ4n) is 2.72. The van der Waals surface area contributed by atoms with Crippen molar-refractivity contribution in [2.24, 2.45) is 5.92 Å². The molecular formula is C16H21N3O2. The second-order valence-corrected chi connectivity index (χ2v) is 5.55. The molecule has 1 aliphatic rings. The van der Waals surface area contributed by atoms with Crippen LogP contribution in [0.1, 0.15) is 30.1 Å². The van der Waals surface area contributed by atoms with E-state index in [-0.39, 0.29) is 0 Å². The fraction of sp³-hybridized carbons (Fsp3) is 0.500. The number of ether oxygens (including phenoxy) is 1. The Morgan fingerprint density at radius 3 is 2.90 bits per heavy atom. The summed E-state index contributed by atoms with van der Waals surface area (Å²) in [5.74, 6) is 2.99. The van der Waals surface area contributed by atoms with Crippen LogP contribution in [0.3, 0.4) is 0 Å². The maximum atomic E-state index is 5.35. The molecule has 0 aliphatic carbocycles. The summed E-state index contributed by atoms with van der Waals surface area (Å²) in [7, 11) is 1.67. The van der Waals surface area contributed by atoms with Crippen LogP contribution in [0.25, 0.3) is 0 Å². The SMILES string of the molecule is COc1ccc(Cc2nc(CC3CCCNC3)no2)cc1. The molecule has 0 bridgehead atoms. The molecule has 112 valence electrons. The summed E-state index contributed by atoms with van der Waals surface area (Å²) in [6.07, 6.45) is 4.05. The van der Waals surface area contributed by atoms with Gasteiger partial charge < -0.3 is 14.6 Å². The number of rotatable bonds is 5. The number of nitrogens with zero attached hydrogens (tertiary/aromatic N) is 2. The van der Waals surface area contributed by atoms with Crippen LogP contribution < -0.4 is 10.1 Å². The van der Waals surface area contributed by atoms with Crippen LogP contribution in [-0.4, -0.2) is 30.3 Å². The van der Waals surface area contributed by atoms with Gasteiger partial charge in [0.1, 0.15) is 5.75 Å². The number of hydrogen-bond acceptors (Lipinski definition) is 5. The van der Waals surface area contributed by atoms with E-state index in [1.54, 1.807) is 7.11 Å². The van der Waals surface area contributed by atoms with Gasteiger partial charge in [-0.15, -0.1) is 0 Å². The summed E-state index contributed by atoms with van der Waals surface area (Å²) in [6.45, 7) is 2.19. The average molecular weight is 287 g/mol. The van der Waals surface area contributed by atoms with E-state index in [2.05, 4.69) is 15.5 Å². The first-order chi connectivity index (χ1) is 10.3. The standard InChI is InChI=1S/C16H21N3O2/c1-20-14-6-4-12(5-7-14)10-16-18-15(19-21-16)9-13-3-2-8-17-11-13/h4-7,13,17H,2-3,8-11H2,1H3. The van der Waals surface area contributed by atoms with Crippen molar-refractivity contribution >= 4 is 0 Å². The van der Waals surface area contributed by atoms with Crippen molar-refractivity contribution in [3.63, 3.8) is 0 Å². The first-order valence-electron chi connectivity index (χ1n) is 7.48. The highest BCUT2D eigenvalue weighted by Crippen LogP contribution is 2.17. The predicted molar refractivity (Wildman–Crippen MR) is 79.4 cm³/mol. The average Bonchev–Trinajstić information content (AvgIpc) is 2.96. The molecule has 5 heteroatoms. The van der Waals surface area contributed by atoms with Crippen LogP contribution in [0.15, 0.2) is 28.8 Å². The molecule has 0 spiro atoms. The van der Waals surface area contributed by atoms with Gasteiger partial charge in [-0.3, -0.25) is 0 Å². The lowest BCUT2D eigenvalue weighted by molar-refractivity contribution is 0.351. The Morgan fingerprint density at radius 1 is 1.33 bits per heavy atom. The molecule has 1 N–H and O–H groups in total. The minimum atomic E-state index is 0.630. The first-order valence-corrected chi connectivity index (χ1v) is 7.48. The molecule has 0 saturated carbocycles. The molecule has 1 unspecified atom stereocenters. The smallest absolute Gasteiger partial charge is 0.231 e. The zero-order valence-electron chi connectivity index (χ0n) is 12.3. The lowest BCUT2D eigenvalue weighted by Crippen LogP contribution is -2.31. The van der Waals surface area contributed by atoms with Crippen molar-refractivity contribution in [1.82, 2.24) is 15.5 Å². The van der Waals surface area contributed by atoms with E-state index < -0.39 is 0 Å². The second kappa shape index (κ2) is 6.72. The van der Waals surface area contributed by atoms with E-state index in [1.807, 2.05) is 24.3 Å². The molecular weight excluding hydrogens is 266 g/mol. The predicted octanol–water partition coefficient (Wildman–Crippen LogP) is 2.21. The Balaban J connectivity index is 1.58. The Bertz CT molecular complexity index is 559. The molecule has 1 atom stereocenters. The highest BCUT2D eigenvalue weighted by Gasteiger charge is 2.17. The van der Waals surface area contributed by atoms with Crippen molar-refractivity contribution in [2.75, 3.05) is 20.2 Å². The normalized spacial score (nSPS) is 18.6. The zero-order chi connectivity index (χ0) is 14.5. The van der Waals surface area contributed by atoms with Crippen molar-refractivity contribution in [3.05, 3.63) is 41.5 Å². The lowest BCUT2D eigenvalue weighted by Gasteiger charge is -2.20. The van der Waals surface area contributed by atoms with Crippen LogP contribution in [0.4, 0.5) is 0 Å².